The molecule has 6 aromatic rings. The van der Waals surface area contributed by atoms with Gasteiger partial charge in [-0.05, 0) is 67.1 Å². The van der Waals surface area contributed by atoms with Crippen molar-refractivity contribution < 1.29 is 18.9 Å². The molecule has 0 radical (unpaired) electrons. The Kier molecular flexibility index (Phi) is 22.4. The molecule has 0 aliphatic heterocycles. The summed E-state index contributed by atoms with van der Waals surface area (Å²) in [5.41, 5.74) is 7.64. The van der Waals surface area contributed by atoms with Gasteiger partial charge in [-0.25, -0.2) is 0 Å². The van der Waals surface area contributed by atoms with E-state index in [0.29, 0.717) is 13.6 Å². The van der Waals surface area contributed by atoms with Gasteiger partial charge in [-0.1, -0.05) is 177 Å². The number of rotatable bonds is 6. The van der Waals surface area contributed by atoms with E-state index in [1.165, 1.54) is 54.9 Å². The van der Waals surface area contributed by atoms with Crippen molar-refractivity contribution in [3.8, 4) is 11.1 Å². The summed E-state index contributed by atoms with van der Waals surface area (Å²) in [6.45, 7) is 16.8. The van der Waals surface area contributed by atoms with E-state index in [9.17, 15) is 0 Å². The van der Waals surface area contributed by atoms with Crippen LogP contribution in [0.5, 0.6) is 0 Å². The summed E-state index contributed by atoms with van der Waals surface area (Å²) in [5, 5.41) is 5.10. The highest BCUT2D eigenvalue weighted by atomic mass is 16.7. The molecule has 0 atom stereocenters. The van der Waals surface area contributed by atoms with Crippen LogP contribution in [0.4, 0.5) is 0 Å². The molecule has 0 spiro atoms. The fourth-order valence-corrected chi connectivity index (χ4v) is 6.10. The minimum absolute atomic E-state index is 0.360. The Bertz CT molecular complexity index is 1660. The van der Waals surface area contributed by atoms with Gasteiger partial charge in [0.1, 0.15) is 13.6 Å². The second-order valence-corrected chi connectivity index (χ2v) is 10.4. The predicted molar refractivity (Wildman–Crippen MR) is 222 cm³/mol. The molecule has 0 fully saturated rings. The number of fused-ring (bicyclic) bond motifs is 5. The molecule has 0 N–H and O–H groups in total. The maximum absolute atomic E-state index is 4.47. The Morgan fingerprint density at radius 1 is 0.353 bits per heavy atom. The van der Waals surface area contributed by atoms with Gasteiger partial charge in [0.25, 0.3) is 0 Å². The van der Waals surface area contributed by atoms with Gasteiger partial charge in [0.2, 0.25) is 0 Å². The molecule has 4 heteroatoms. The predicted octanol–water partition coefficient (Wildman–Crippen LogP) is 12.9. The molecule has 274 valence electrons. The Hall–Kier alpha value is -4.32. The van der Waals surface area contributed by atoms with Crippen molar-refractivity contribution in [1.82, 2.24) is 0 Å². The number of ether oxygens (including phenoxy) is 4. The maximum Gasteiger partial charge on any atom is 0.145 e. The van der Waals surface area contributed by atoms with Crippen molar-refractivity contribution in [2.75, 3.05) is 42.0 Å². The van der Waals surface area contributed by atoms with E-state index in [0.717, 1.165) is 0 Å². The summed E-state index contributed by atoms with van der Waals surface area (Å²) in [6.07, 6.45) is 0. The fourth-order valence-electron chi connectivity index (χ4n) is 6.10. The number of hydrogen-bond donors (Lipinski definition) is 0. The van der Waals surface area contributed by atoms with E-state index >= 15 is 0 Å². The molecule has 0 unspecified atom stereocenters. The molecule has 4 nitrogen and oxygen atoms in total. The van der Waals surface area contributed by atoms with Crippen LogP contribution < -0.4 is 0 Å². The fraction of sp³-hybridized carbons (Fsp3) is 0.319. The lowest BCUT2D eigenvalue weighted by molar-refractivity contribution is -0.00282. The maximum atomic E-state index is 4.47. The van der Waals surface area contributed by atoms with Crippen LogP contribution in [0.2, 0.25) is 0 Å². The summed E-state index contributed by atoms with van der Waals surface area (Å²) in [7, 11) is 6.35. The van der Waals surface area contributed by atoms with Gasteiger partial charge in [0.15, 0.2) is 0 Å². The molecule has 0 saturated carbocycles. The average molecular weight is 691 g/mol. The third kappa shape index (κ3) is 10.8. The normalized spacial score (nSPS) is 11.0. The van der Waals surface area contributed by atoms with Crippen molar-refractivity contribution in [3.05, 3.63) is 156 Å². The quantitative estimate of drug-likeness (QED) is 0.163. The second-order valence-electron chi connectivity index (χ2n) is 10.4. The Balaban J connectivity index is 0.000000618. The zero-order chi connectivity index (χ0) is 38.1. The summed E-state index contributed by atoms with van der Waals surface area (Å²) in [4.78, 5) is 0. The minimum Gasteiger partial charge on any atom is -0.359 e. The van der Waals surface area contributed by atoms with E-state index in [4.69, 9.17) is 0 Å². The van der Waals surface area contributed by atoms with E-state index < -0.39 is 0 Å². The van der Waals surface area contributed by atoms with Gasteiger partial charge in [-0.3, -0.25) is 0 Å². The van der Waals surface area contributed by atoms with E-state index in [-0.39, 0.29) is 5.41 Å². The van der Waals surface area contributed by atoms with Crippen LogP contribution >= 0.6 is 0 Å². The van der Waals surface area contributed by atoms with Gasteiger partial charge in [-0.15, -0.1) is 0 Å². The zero-order valence-corrected chi connectivity index (χ0v) is 33.2. The highest BCUT2D eigenvalue weighted by Crippen LogP contribution is 2.56. The summed E-state index contributed by atoms with van der Waals surface area (Å²) >= 11 is 0. The van der Waals surface area contributed by atoms with E-state index in [1.54, 1.807) is 28.4 Å². The first-order valence-corrected chi connectivity index (χ1v) is 18.3. The molecule has 0 saturated heterocycles. The van der Waals surface area contributed by atoms with Crippen LogP contribution in [-0.4, -0.2) is 42.0 Å². The van der Waals surface area contributed by atoms with Crippen molar-refractivity contribution in [3.63, 3.8) is 0 Å². The van der Waals surface area contributed by atoms with Crippen LogP contribution in [0.3, 0.4) is 0 Å². The van der Waals surface area contributed by atoms with Gasteiger partial charge in [0.05, 0.1) is 5.41 Å². The average Bonchev–Trinajstić information content (AvgIpc) is 3.53. The SMILES string of the molecule is CC.CC.CC.CC.COCOC.COCOC.c1ccc2c(c1)-c1ccccc1C2(c1ccc2ccccc2c1)c1ccc2ccccc2c1. The first-order valence-electron chi connectivity index (χ1n) is 18.3. The molecule has 0 heterocycles. The smallest absolute Gasteiger partial charge is 0.145 e. The molecular formula is C47H62O4. The van der Waals surface area contributed by atoms with Crippen molar-refractivity contribution in [1.29, 1.82) is 0 Å². The third-order valence-electron chi connectivity index (χ3n) is 7.79. The third-order valence-corrected chi connectivity index (χ3v) is 7.79. The number of benzene rings is 6. The lowest BCUT2D eigenvalue weighted by atomic mass is 9.67. The Morgan fingerprint density at radius 3 is 0.961 bits per heavy atom. The van der Waals surface area contributed by atoms with Gasteiger partial charge >= 0.3 is 0 Å². The second kappa shape index (κ2) is 25.6. The van der Waals surface area contributed by atoms with E-state index in [1.807, 2.05) is 55.4 Å². The molecule has 0 amide bonds. The molecule has 1 aliphatic carbocycles. The number of hydrogen-bond acceptors (Lipinski definition) is 4. The Morgan fingerprint density at radius 2 is 0.647 bits per heavy atom. The van der Waals surface area contributed by atoms with Crippen LogP contribution in [0.15, 0.2) is 133 Å². The van der Waals surface area contributed by atoms with Gasteiger partial charge in [-0.2, -0.15) is 0 Å². The molecular weight excluding hydrogens is 629 g/mol. The van der Waals surface area contributed by atoms with Crippen LogP contribution in [0, 0.1) is 0 Å². The number of methoxy groups -OCH3 is 4. The van der Waals surface area contributed by atoms with Crippen molar-refractivity contribution >= 4 is 21.5 Å². The molecule has 51 heavy (non-hydrogen) atoms. The monoisotopic (exact) mass is 690 g/mol. The zero-order valence-electron chi connectivity index (χ0n) is 33.2. The Labute approximate surface area is 309 Å². The summed E-state index contributed by atoms with van der Waals surface area (Å²) in [6, 6.07) is 49.2. The standard InChI is InChI=1S/C33H22.2C3H8O2.4C2H6/c1-3-11-25-21-27(19-17-23(25)9-1)33(28-20-18-24-10-2-4-12-26(24)22-28)31-15-7-5-13-29(31)30-14-6-8-16-32(30)33;2*1-4-3-5-2;4*1-2/h1-22H;2*3H2,1-2H3;4*1-2H3. The van der Waals surface area contributed by atoms with Gasteiger partial charge in [0, 0.05) is 28.4 Å². The molecule has 7 rings (SSSR count). The van der Waals surface area contributed by atoms with Crippen LogP contribution in [0.25, 0.3) is 32.7 Å². The topological polar surface area (TPSA) is 36.9 Å². The highest BCUT2D eigenvalue weighted by Gasteiger charge is 2.45. The summed E-state index contributed by atoms with van der Waals surface area (Å²) < 4.78 is 17.9. The molecule has 1 aliphatic rings. The largest absolute Gasteiger partial charge is 0.359 e. The molecule has 0 aromatic heterocycles. The summed E-state index contributed by atoms with van der Waals surface area (Å²) in [5.74, 6) is 0. The minimum atomic E-state index is -0.360. The lowest BCUT2D eigenvalue weighted by Crippen LogP contribution is -2.28. The highest BCUT2D eigenvalue weighted by molar-refractivity contribution is 5.91. The molecule has 6 aromatic carbocycles. The van der Waals surface area contributed by atoms with E-state index in [2.05, 4.69) is 152 Å². The molecule has 0 bridgehead atoms. The first kappa shape index (κ1) is 44.7. The van der Waals surface area contributed by atoms with Crippen LogP contribution in [-0.2, 0) is 24.4 Å². The van der Waals surface area contributed by atoms with Crippen LogP contribution in [0.1, 0.15) is 77.6 Å². The van der Waals surface area contributed by atoms with Crippen molar-refractivity contribution in [2.45, 2.75) is 60.8 Å². The van der Waals surface area contributed by atoms with Crippen molar-refractivity contribution in [2.24, 2.45) is 0 Å². The lowest BCUT2D eigenvalue weighted by Gasteiger charge is -2.34. The first-order chi connectivity index (χ1) is 25.2. The van der Waals surface area contributed by atoms with Gasteiger partial charge < -0.3 is 18.9 Å².